The molecule has 39 heavy (non-hydrogen) atoms. The number of aliphatic imine (C=N–C) groups is 1. The fourth-order valence-electron chi connectivity index (χ4n) is 3.28. The van der Waals surface area contributed by atoms with Gasteiger partial charge in [-0.15, -0.1) is 0 Å². The maximum Gasteiger partial charge on any atom is 0.326 e. The maximum atomic E-state index is 13.1. The number of nitrogens with zero attached hydrogens (tertiary/aromatic N) is 1. The topological polar surface area (TPSA) is 278 Å². The molecule has 0 bridgehead atoms. The molecular weight excluding hydrogens is 532 g/mol. The molecule has 0 aliphatic heterocycles. The van der Waals surface area contributed by atoms with Gasteiger partial charge in [0.25, 0.3) is 0 Å². The molecule has 0 saturated carbocycles. The molecule has 4 amide bonds. The summed E-state index contributed by atoms with van der Waals surface area (Å²) in [5.41, 5.74) is 21.9. The lowest BCUT2D eigenvalue weighted by Gasteiger charge is -2.24. The van der Waals surface area contributed by atoms with Gasteiger partial charge in [0, 0.05) is 25.1 Å². The predicted octanol–water partition coefficient (Wildman–Crippen LogP) is -2.95. The molecule has 16 heteroatoms. The quantitative estimate of drug-likeness (QED) is 0.0394. The first kappa shape index (κ1) is 33.0. The third-order valence-electron chi connectivity index (χ3n) is 5.42. The van der Waals surface area contributed by atoms with Gasteiger partial charge in [0.2, 0.25) is 23.6 Å². The van der Waals surface area contributed by atoms with Crippen LogP contribution >= 0.6 is 12.6 Å². The van der Waals surface area contributed by atoms with Gasteiger partial charge in [-0.1, -0.05) is 12.1 Å². The van der Waals surface area contributed by atoms with Crippen molar-refractivity contribution in [3.8, 4) is 5.75 Å². The number of thiol groups is 1. The lowest BCUT2D eigenvalue weighted by molar-refractivity contribution is -0.142. The monoisotopic (exact) mass is 568 g/mol. The largest absolute Gasteiger partial charge is 0.508 e. The van der Waals surface area contributed by atoms with Crippen molar-refractivity contribution in [2.45, 2.75) is 56.3 Å². The average Bonchev–Trinajstić information content (AvgIpc) is 2.87. The van der Waals surface area contributed by atoms with Crippen LogP contribution < -0.4 is 38.9 Å². The Bertz CT molecular complexity index is 1030. The van der Waals surface area contributed by atoms with Gasteiger partial charge in [-0.05, 0) is 37.0 Å². The SMILES string of the molecule is NC(=O)CCC(N)C(=O)NC(Cc1ccc(O)cc1)C(=O)NC(CS)C(=O)NC(CCCN=C(N)N)C(=O)O. The minimum Gasteiger partial charge on any atom is -0.508 e. The van der Waals surface area contributed by atoms with Gasteiger partial charge in [-0.3, -0.25) is 24.2 Å². The summed E-state index contributed by atoms with van der Waals surface area (Å²) in [4.78, 5) is 64.9. The highest BCUT2D eigenvalue weighted by molar-refractivity contribution is 7.80. The first-order valence-corrected chi connectivity index (χ1v) is 12.6. The summed E-state index contributed by atoms with van der Waals surface area (Å²) in [6, 6.07) is 1.000. The number of carboxylic acids is 1. The first-order chi connectivity index (χ1) is 18.3. The van der Waals surface area contributed by atoms with Crippen molar-refractivity contribution in [1.29, 1.82) is 0 Å². The van der Waals surface area contributed by atoms with Crippen molar-refractivity contribution < 1.29 is 34.2 Å². The van der Waals surface area contributed by atoms with Gasteiger partial charge in [-0.25, -0.2) is 4.79 Å². The molecule has 216 valence electrons. The van der Waals surface area contributed by atoms with E-state index < -0.39 is 53.8 Å². The van der Waals surface area contributed by atoms with Crippen LogP contribution in [-0.2, 0) is 30.4 Å². The average molecular weight is 569 g/mol. The van der Waals surface area contributed by atoms with E-state index in [4.69, 9.17) is 22.9 Å². The van der Waals surface area contributed by atoms with Crippen LogP contribution in [0.1, 0.15) is 31.2 Å². The second kappa shape index (κ2) is 16.7. The Morgan fingerprint density at radius 1 is 0.872 bits per heavy atom. The number of aromatic hydroxyl groups is 1. The second-order valence-corrected chi connectivity index (χ2v) is 9.00. The number of nitrogens with one attached hydrogen (secondary N) is 3. The van der Waals surface area contributed by atoms with Crippen LogP contribution in [0.15, 0.2) is 29.3 Å². The number of aliphatic carboxylic acids is 1. The molecule has 0 heterocycles. The highest BCUT2D eigenvalue weighted by Crippen LogP contribution is 2.12. The van der Waals surface area contributed by atoms with E-state index in [1.165, 1.54) is 24.3 Å². The van der Waals surface area contributed by atoms with Crippen molar-refractivity contribution in [1.82, 2.24) is 16.0 Å². The smallest absolute Gasteiger partial charge is 0.326 e. The standard InChI is InChI=1S/C23H36N8O7S/c24-14(7-8-18(25)33)19(34)30-16(10-12-3-5-13(32)6-4-12)20(35)31-17(11-39)21(36)29-15(22(37)38)2-1-9-28-23(26)27/h3-6,14-17,32,39H,1-2,7-11,24H2,(H2,25,33)(H,29,36)(H,30,34)(H,31,35)(H,37,38)(H4,26,27,28). The fourth-order valence-corrected chi connectivity index (χ4v) is 3.54. The number of phenols is 1. The maximum absolute atomic E-state index is 13.1. The summed E-state index contributed by atoms with van der Waals surface area (Å²) < 4.78 is 0. The molecule has 1 aromatic carbocycles. The minimum atomic E-state index is -1.29. The molecule has 0 aliphatic rings. The van der Waals surface area contributed by atoms with E-state index in [2.05, 4.69) is 33.6 Å². The van der Waals surface area contributed by atoms with Gasteiger partial charge in [0.15, 0.2) is 5.96 Å². The van der Waals surface area contributed by atoms with Crippen LogP contribution in [0.3, 0.4) is 0 Å². The number of benzene rings is 1. The zero-order valence-electron chi connectivity index (χ0n) is 21.2. The lowest BCUT2D eigenvalue weighted by atomic mass is 10.0. The minimum absolute atomic E-state index is 0.00430. The number of nitrogens with two attached hydrogens (primary N) is 4. The van der Waals surface area contributed by atoms with Gasteiger partial charge < -0.3 is 49.1 Å². The van der Waals surface area contributed by atoms with Gasteiger partial charge >= 0.3 is 5.97 Å². The molecule has 0 aromatic heterocycles. The Hall–Kier alpha value is -4.05. The Labute approximate surface area is 230 Å². The third-order valence-corrected chi connectivity index (χ3v) is 5.79. The summed E-state index contributed by atoms with van der Waals surface area (Å²) in [5, 5.41) is 26.3. The van der Waals surface area contributed by atoms with E-state index in [1.54, 1.807) is 0 Å². The number of rotatable bonds is 17. The Kier molecular flexibility index (Phi) is 14.1. The van der Waals surface area contributed by atoms with E-state index >= 15 is 0 Å². The summed E-state index contributed by atoms with van der Waals surface area (Å²) in [6.07, 6.45) is 0.0691. The number of amides is 4. The number of phenolic OH excluding ortho intramolecular Hbond substituents is 1. The van der Waals surface area contributed by atoms with Crippen molar-refractivity contribution in [3.63, 3.8) is 0 Å². The van der Waals surface area contributed by atoms with Crippen molar-refractivity contribution >= 4 is 48.2 Å². The number of hydrogen-bond donors (Lipinski definition) is 10. The second-order valence-electron chi connectivity index (χ2n) is 8.64. The molecule has 0 fully saturated rings. The van der Waals surface area contributed by atoms with Crippen molar-refractivity contribution in [2.75, 3.05) is 12.3 Å². The van der Waals surface area contributed by atoms with Crippen LogP contribution in [0, 0.1) is 0 Å². The molecule has 4 unspecified atom stereocenters. The number of carbonyl (C=O) groups excluding carboxylic acids is 4. The lowest BCUT2D eigenvalue weighted by Crippen LogP contribution is -2.58. The normalized spacial score (nSPS) is 13.7. The third kappa shape index (κ3) is 12.8. The molecule has 4 atom stereocenters. The van der Waals surface area contributed by atoms with E-state index in [0.717, 1.165) is 0 Å². The zero-order valence-corrected chi connectivity index (χ0v) is 22.1. The van der Waals surface area contributed by atoms with Crippen LogP contribution in [0.5, 0.6) is 5.75 Å². The van der Waals surface area contributed by atoms with Gasteiger partial charge in [0.1, 0.15) is 23.9 Å². The fraction of sp³-hybridized carbons (Fsp3) is 0.478. The van der Waals surface area contributed by atoms with Crippen molar-refractivity contribution in [2.24, 2.45) is 27.9 Å². The predicted molar refractivity (Wildman–Crippen MR) is 145 cm³/mol. The summed E-state index contributed by atoms with van der Waals surface area (Å²) >= 11 is 4.09. The zero-order chi connectivity index (χ0) is 29.5. The van der Waals surface area contributed by atoms with Crippen LogP contribution in [-0.4, -0.2) is 82.2 Å². The van der Waals surface area contributed by atoms with Crippen LogP contribution in [0.4, 0.5) is 0 Å². The summed E-state index contributed by atoms with van der Waals surface area (Å²) in [6.45, 7) is 0.162. The van der Waals surface area contributed by atoms with E-state index in [1.807, 2.05) is 0 Å². The van der Waals surface area contributed by atoms with Gasteiger partial charge in [-0.2, -0.15) is 12.6 Å². The number of primary amides is 1. The highest BCUT2D eigenvalue weighted by Gasteiger charge is 2.30. The summed E-state index contributed by atoms with van der Waals surface area (Å²) in [5.74, 6) is -4.58. The Morgan fingerprint density at radius 2 is 1.44 bits per heavy atom. The molecule has 0 saturated heterocycles. The number of carboxylic acid groups (broad SMARTS) is 1. The van der Waals surface area contributed by atoms with Gasteiger partial charge in [0.05, 0.1) is 6.04 Å². The van der Waals surface area contributed by atoms with E-state index in [0.29, 0.717) is 5.56 Å². The molecular formula is C23H36N8O7S. The molecule has 0 radical (unpaired) electrons. The first-order valence-electron chi connectivity index (χ1n) is 12.0. The number of guanidine groups is 1. The highest BCUT2D eigenvalue weighted by atomic mass is 32.1. The van der Waals surface area contributed by atoms with Crippen LogP contribution in [0.2, 0.25) is 0 Å². The van der Waals surface area contributed by atoms with E-state index in [9.17, 15) is 34.2 Å². The van der Waals surface area contributed by atoms with Crippen LogP contribution in [0.25, 0.3) is 0 Å². The molecule has 1 aromatic rings. The van der Waals surface area contributed by atoms with E-state index in [-0.39, 0.29) is 56.1 Å². The molecule has 13 N–H and O–H groups in total. The Balaban J connectivity index is 2.97. The molecule has 15 nitrogen and oxygen atoms in total. The molecule has 0 aliphatic carbocycles. The molecule has 1 rings (SSSR count). The number of hydrogen-bond acceptors (Lipinski definition) is 9. The molecule has 0 spiro atoms. The number of carbonyl (C=O) groups is 5. The summed E-state index contributed by atoms with van der Waals surface area (Å²) in [7, 11) is 0. The van der Waals surface area contributed by atoms with Crippen molar-refractivity contribution in [3.05, 3.63) is 29.8 Å². The Morgan fingerprint density at radius 3 is 1.97 bits per heavy atom.